The number of nitrogens with zero attached hydrogens (tertiary/aromatic N) is 3. The molecule has 0 aliphatic rings. The van der Waals surface area contributed by atoms with E-state index in [2.05, 4.69) is 22.3 Å². The van der Waals surface area contributed by atoms with Crippen LogP contribution in [0.15, 0.2) is 18.3 Å². The van der Waals surface area contributed by atoms with Crippen molar-refractivity contribution < 1.29 is 13.2 Å². The molecule has 0 bridgehead atoms. The van der Waals surface area contributed by atoms with E-state index in [0.717, 1.165) is 36.3 Å². The number of anilines is 1. The van der Waals surface area contributed by atoms with Crippen molar-refractivity contribution in [2.45, 2.75) is 38.8 Å². The van der Waals surface area contributed by atoms with Crippen LogP contribution in [0.3, 0.4) is 0 Å². The lowest BCUT2D eigenvalue weighted by atomic mass is 10.2. The third-order valence-electron chi connectivity index (χ3n) is 2.99. The maximum absolute atomic E-state index is 12.9. The fourth-order valence-corrected chi connectivity index (χ4v) is 1.97. The molecule has 0 aliphatic carbocycles. The summed E-state index contributed by atoms with van der Waals surface area (Å²) in [5.74, 6) is 0.238. The predicted molar refractivity (Wildman–Crippen MR) is 70.6 cm³/mol. The van der Waals surface area contributed by atoms with Gasteiger partial charge in [0.15, 0.2) is 11.3 Å². The zero-order valence-corrected chi connectivity index (χ0v) is 11.2. The van der Waals surface area contributed by atoms with Gasteiger partial charge in [-0.1, -0.05) is 26.2 Å². The molecule has 4 nitrogen and oxygen atoms in total. The average Bonchev–Trinajstić information content (AvgIpc) is 2.84. The largest absolute Gasteiger partial charge is 0.433 e. The summed E-state index contributed by atoms with van der Waals surface area (Å²) in [6.45, 7) is 2.73. The Balaban J connectivity index is 2.14. The summed E-state index contributed by atoms with van der Waals surface area (Å²) in [7, 11) is 0. The number of halogens is 3. The van der Waals surface area contributed by atoms with Crippen LogP contribution < -0.4 is 5.32 Å². The van der Waals surface area contributed by atoms with Gasteiger partial charge in [-0.2, -0.15) is 18.3 Å². The smallest absolute Gasteiger partial charge is 0.370 e. The van der Waals surface area contributed by atoms with Crippen molar-refractivity contribution in [2.24, 2.45) is 0 Å². The number of fused-ring (bicyclic) bond motifs is 1. The van der Waals surface area contributed by atoms with Crippen molar-refractivity contribution in [3.05, 3.63) is 24.0 Å². The van der Waals surface area contributed by atoms with Crippen molar-refractivity contribution in [1.29, 1.82) is 0 Å². The van der Waals surface area contributed by atoms with Crippen molar-refractivity contribution >= 4 is 11.5 Å². The van der Waals surface area contributed by atoms with Crippen LogP contribution in [0.25, 0.3) is 5.65 Å². The fourth-order valence-electron chi connectivity index (χ4n) is 1.97. The van der Waals surface area contributed by atoms with E-state index in [1.165, 1.54) is 12.3 Å². The lowest BCUT2D eigenvalue weighted by Crippen LogP contribution is -2.15. The molecule has 0 atom stereocenters. The predicted octanol–water partition coefficient (Wildman–Crippen LogP) is 3.74. The quantitative estimate of drug-likeness (QED) is 0.822. The van der Waals surface area contributed by atoms with Crippen LogP contribution in [-0.2, 0) is 6.18 Å². The van der Waals surface area contributed by atoms with Gasteiger partial charge in [-0.25, -0.2) is 9.50 Å². The molecule has 1 N–H and O–H groups in total. The van der Waals surface area contributed by atoms with Gasteiger partial charge >= 0.3 is 6.18 Å². The number of unbranched alkanes of at least 4 members (excludes halogenated alkanes) is 3. The molecule has 2 aromatic heterocycles. The normalized spacial score (nSPS) is 12.0. The molecule has 0 fully saturated rings. The summed E-state index contributed by atoms with van der Waals surface area (Å²) in [4.78, 5) is 4.12. The molecule has 110 valence electrons. The minimum atomic E-state index is -4.45. The topological polar surface area (TPSA) is 42.2 Å². The molecular weight excluding hydrogens is 269 g/mol. The van der Waals surface area contributed by atoms with Crippen molar-refractivity contribution in [3.8, 4) is 0 Å². The van der Waals surface area contributed by atoms with E-state index in [-0.39, 0.29) is 11.5 Å². The summed E-state index contributed by atoms with van der Waals surface area (Å²) in [6.07, 6.45) is 1.09. The first-order valence-corrected chi connectivity index (χ1v) is 6.68. The number of hydrogen-bond acceptors (Lipinski definition) is 3. The molecule has 0 spiro atoms. The first-order valence-electron chi connectivity index (χ1n) is 6.68. The molecule has 0 saturated heterocycles. The van der Waals surface area contributed by atoms with E-state index < -0.39 is 11.9 Å². The second kappa shape index (κ2) is 6.11. The highest BCUT2D eigenvalue weighted by atomic mass is 19.4. The van der Waals surface area contributed by atoms with Gasteiger partial charge in [0.2, 0.25) is 0 Å². The Bertz CT molecular complexity index is 562. The van der Waals surface area contributed by atoms with Crippen LogP contribution in [-0.4, -0.2) is 21.1 Å². The minimum Gasteiger partial charge on any atom is -0.370 e. The Labute approximate surface area is 115 Å². The summed E-state index contributed by atoms with van der Waals surface area (Å²) < 4.78 is 39.7. The maximum Gasteiger partial charge on any atom is 0.433 e. The first-order chi connectivity index (χ1) is 9.52. The Morgan fingerprint density at radius 3 is 2.75 bits per heavy atom. The van der Waals surface area contributed by atoms with E-state index in [0.29, 0.717) is 6.54 Å². The third kappa shape index (κ3) is 3.40. The minimum absolute atomic E-state index is 0.191. The molecule has 2 heterocycles. The maximum atomic E-state index is 12.9. The van der Waals surface area contributed by atoms with Crippen LogP contribution in [0.5, 0.6) is 0 Å². The van der Waals surface area contributed by atoms with E-state index in [9.17, 15) is 13.2 Å². The second-order valence-electron chi connectivity index (χ2n) is 4.61. The van der Waals surface area contributed by atoms with Gasteiger partial charge in [-0.15, -0.1) is 0 Å². The molecule has 2 rings (SSSR count). The molecule has 7 heteroatoms. The molecule has 20 heavy (non-hydrogen) atoms. The number of alkyl halides is 3. The Morgan fingerprint density at radius 1 is 1.25 bits per heavy atom. The molecule has 2 aromatic rings. The Morgan fingerprint density at radius 2 is 2.05 bits per heavy atom. The number of hydrogen-bond donors (Lipinski definition) is 1. The molecule has 0 radical (unpaired) electrons. The number of aromatic nitrogens is 3. The third-order valence-corrected chi connectivity index (χ3v) is 2.99. The highest BCUT2D eigenvalue weighted by molar-refractivity contribution is 5.48. The van der Waals surface area contributed by atoms with Crippen molar-refractivity contribution in [3.63, 3.8) is 0 Å². The molecule has 0 unspecified atom stereocenters. The lowest BCUT2D eigenvalue weighted by Gasteiger charge is -2.12. The molecule has 0 aromatic carbocycles. The van der Waals surface area contributed by atoms with Crippen molar-refractivity contribution in [1.82, 2.24) is 14.6 Å². The Hall–Kier alpha value is -1.79. The monoisotopic (exact) mass is 286 g/mol. The summed E-state index contributed by atoms with van der Waals surface area (Å²) >= 11 is 0. The standard InChI is InChI=1S/C13H17F3N4/c1-2-3-4-5-7-17-11-9-10(13(14,15)16)20-12(19-11)6-8-18-20/h6,8-9H,2-5,7H2,1H3,(H,17,19). The number of nitrogens with one attached hydrogen (secondary N) is 1. The summed E-state index contributed by atoms with van der Waals surface area (Å²) in [5, 5.41) is 6.60. The van der Waals surface area contributed by atoms with Crippen LogP contribution in [0.4, 0.5) is 19.0 Å². The van der Waals surface area contributed by atoms with Gasteiger partial charge in [0.05, 0.1) is 6.20 Å². The van der Waals surface area contributed by atoms with Gasteiger partial charge in [-0.3, -0.25) is 0 Å². The van der Waals surface area contributed by atoms with Crippen LogP contribution in [0.1, 0.15) is 38.3 Å². The van der Waals surface area contributed by atoms with Gasteiger partial charge in [-0.05, 0) is 6.42 Å². The summed E-state index contributed by atoms with van der Waals surface area (Å²) in [5.41, 5.74) is -0.626. The van der Waals surface area contributed by atoms with Gasteiger partial charge in [0.1, 0.15) is 5.82 Å². The van der Waals surface area contributed by atoms with E-state index in [1.807, 2.05) is 0 Å². The fraction of sp³-hybridized carbons (Fsp3) is 0.538. The van der Waals surface area contributed by atoms with Crippen molar-refractivity contribution in [2.75, 3.05) is 11.9 Å². The molecule has 0 amide bonds. The van der Waals surface area contributed by atoms with Gasteiger partial charge < -0.3 is 5.32 Å². The highest BCUT2D eigenvalue weighted by Crippen LogP contribution is 2.30. The zero-order valence-electron chi connectivity index (χ0n) is 11.2. The van der Waals surface area contributed by atoms with Gasteiger partial charge in [0.25, 0.3) is 0 Å². The van der Waals surface area contributed by atoms with Crippen LogP contribution in [0.2, 0.25) is 0 Å². The molecule has 0 saturated carbocycles. The average molecular weight is 286 g/mol. The SMILES string of the molecule is CCCCCCNc1cc(C(F)(F)F)n2nccc2n1. The highest BCUT2D eigenvalue weighted by Gasteiger charge is 2.34. The molecular formula is C13H17F3N4. The second-order valence-corrected chi connectivity index (χ2v) is 4.61. The zero-order chi connectivity index (χ0) is 14.6. The Kier molecular flexibility index (Phi) is 4.46. The van der Waals surface area contributed by atoms with Crippen LogP contribution in [0, 0.1) is 0 Å². The molecule has 0 aliphatic heterocycles. The number of rotatable bonds is 6. The van der Waals surface area contributed by atoms with E-state index in [1.54, 1.807) is 0 Å². The van der Waals surface area contributed by atoms with Crippen LogP contribution >= 0.6 is 0 Å². The van der Waals surface area contributed by atoms with E-state index in [4.69, 9.17) is 0 Å². The van der Waals surface area contributed by atoms with E-state index >= 15 is 0 Å². The lowest BCUT2D eigenvalue weighted by molar-refractivity contribution is -0.142. The first kappa shape index (κ1) is 14.6. The van der Waals surface area contributed by atoms with Gasteiger partial charge in [0, 0.05) is 18.7 Å². The summed E-state index contributed by atoms with van der Waals surface area (Å²) in [6, 6.07) is 2.46.